The molecule has 8 heteroatoms. The summed E-state index contributed by atoms with van der Waals surface area (Å²) in [5.41, 5.74) is 0.501. The second-order valence-corrected chi connectivity index (χ2v) is 5.53. The number of nitrogens with one attached hydrogen (secondary N) is 3. The van der Waals surface area contributed by atoms with Crippen LogP contribution >= 0.6 is 0 Å². The summed E-state index contributed by atoms with van der Waals surface area (Å²) in [4.78, 5) is 40.6. The van der Waals surface area contributed by atoms with Gasteiger partial charge in [-0.05, 0) is 36.4 Å². The standard InChI is InChI=1S/C18H14FN3O4/c1-20-14-7-11(19)4-9-6-13(17(24)22-16(9)14)15(23)3-2-12-5-10(8-21-12)18(25)26/h2-8,20-21H,1H3,(H,22,24)(H,25,26)/b3-2+. The van der Waals surface area contributed by atoms with Crippen LogP contribution in [0.2, 0.25) is 0 Å². The van der Waals surface area contributed by atoms with E-state index in [-0.39, 0.29) is 11.1 Å². The number of aromatic amines is 2. The summed E-state index contributed by atoms with van der Waals surface area (Å²) in [5.74, 6) is -2.19. The van der Waals surface area contributed by atoms with E-state index < -0.39 is 23.1 Å². The Balaban J connectivity index is 1.97. The van der Waals surface area contributed by atoms with Crippen LogP contribution in [0.3, 0.4) is 0 Å². The van der Waals surface area contributed by atoms with Crippen molar-refractivity contribution in [3.8, 4) is 0 Å². The number of carbonyl (C=O) groups is 2. The lowest BCUT2D eigenvalue weighted by atomic mass is 10.1. The van der Waals surface area contributed by atoms with Gasteiger partial charge in [-0.25, -0.2) is 9.18 Å². The fourth-order valence-electron chi connectivity index (χ4n) is 2.55. The van der Waals surface area contributed by atoms with E-state index in [2.05, 4.69) is 15.3 Å². The van der Waals surface area contributed by atoms with E-state index in [9.17, 15) is 18.8 Å². The van der Waals surface area contributed by atoms with Gasteiger partial charge in [0, 0.05) is 24.3 Å². The first-order valence-corrected chi connectivity index (χ1v) is 7.57. The van der Waals surface area contributed by atoms with Gasteiger partial charge >= 0.3 is 5.97 Å². The van der Waals surface area contributed by atoms with Gasteiger partial charge < -0.3 is 20.4 Å². The molecule has 0 saturated carbocycles. The molecule has 0 atom stereocenters. The topological polar surface area (TPSA) is 115 Å². The number of rotatable bonds is 5. The average Bonchev–Trinajstić information content (AvgIpc) is 3.08. The molecule has 0 aliphatic rings. The second kappa shape index (κ2) is 6.67. The van der Waals surface area contributed by atoms with E-state index in [0.29, 0.717) is 22.3 Å². The number of anilines is 1. The van der Waals surface area contributed by atoms with Crippen molar-refractivity contribution in [3.05, 3.63) is 69.5 Å². The SMILES string of the molecule is CNc1cc(F)cc2cc(C(=O)/C=C/c3cc(C(=O)O)c[nH]3)c(=O)[nH]c12. The maximum atomic E-state index is 13.7. The molecule has 0 spiro atoms. The lowest BCUT2D eigenvalue weighted by Gasteiger charge is -2.07. The molecule has 0 saturated heterocycles. The first kappa shape index (κ1) is 17.2. The molecule has 7 nitrogen and oxygen atoms in total. The third-order valence-corrected chi connectivity index (χ3v) is 3.82. The lowest BCUT2D eigenvalue weighted by molar-refractivity contribution is 0.0697. The zero-order chi connectivity index (χ0) is 18.8. The van der Waals surface area contributed by atoms with Crippen LogP contribution in [0.25, 0.3) is 17.0 Å². The third-order valence-electron chi connectivity index (χ3n) is 3.82. The van der Waals surface area contributed by atoms with Crippen LogP contribution in [-0.4, -0.2) is 33.9 Å². The zero-order valence-electron chi connectivity index (χ0n) is 13.6. The van der Waals surface area contributed by atoms with Crippen molar-refractivity contribution in [2.45, 2.75) is 0 Å². The minimum absolute atomic E-state index is 0.0516. The summed E-state index contributed by atoms with van der Waals surface area (Å²) >= 11 is 0. The van der Waals surface area contributed by atoms with Crippen molar-refractivity contribution in [1.29, 1.82) is 0 Å². The highest BCUT2D eigenvalue weighted by atomic mass is 19.1. The van der Waals surface area contributed by atoms with Crippen molar-refractivity contribution >= 4 is 34.4 Å². The molecule has 26 heavy (non-hydrogen) atoms. The van der Waals surface area contributed by atoms with Crippen molar-refractivity contribution in [1.82, 2.24) is 9.97 Å². The van der Waals surface area contributed by atoms with Gasteiger partial charge in [-0.15, -0.1) is 0 Å². The Morgan fingerprint density at radius 2 is 2.00 bits per heavy atom. The second-order valence-electron chi connectivity index (χ2n) is 5.53. The van der Waals surface area contributed by atoms with E-state index >= 15 is 0 Å². The Labute approximate surface area is 146 Å². The van der Waals surface area contributed by atoms with Gasteiger partial charge in [0.2, 0.25) is 0 Å². The van der Waals surface area contributed by atoms with E-state index in [1.54, 1.807) is 7.05 Å². The Kier molecular flexibility index (Phi) is 4.40. The molecule has 0 aliphatic carbocycles. The first-order valence-electron chi connectivity index (χ1n) is 7.57. The molecule has 0 aliphatic heterocycles. The zero-order valence-corrected chi connectivity index (χ0v) is 13.6. The summed E-state index contributed by atoms with van der Waals surface area (Å²) in [5, 5.41) is 12.0. The number of carbonyl (C=O) groups excluding carboxylic acids is 1. The molecule has 2 aromatic heterocycles. The molecule has 132 valence electrons. The van der Waals surface area contributed by atoms with Gasteiger partial charge in [0.15, 0.2) is 5.78 Å². The number of hydrogen-bond acceptors (Lipinski definition) is 4. The van der Waals surface area contributed by atoms with Gasteiger partial charge in [0.1, 0.15) is 5.82 Å². The van der Waals surface area contributed by atoms with Crippen LogP contribution in [0.1, 0.15) is 26.4 Å². The Morgan fingerprint density at radius 3 is 2.65 bits per heavy atom. The van der Waals surface area contributed by atoms with E-state index in [1.165, 1.54) is 36.5 Å². The van der Waals surface area contributed by atoms with Crippen molar-refractivity contribution < 1.29 is 19.1 Å². The van der Waals surface area contributed by atoms with Gasteiger partial charge in [-0.3, -0.25) is 9.59 Å². The predicted molar refractivity (Wildman–Crippen MR) is 95.2 cm³/mol. The van der Waals surface area contributed by atoms with Crippen LogP contribution in [0, 0.1) is 5.82 Å². The normalized spacial score (nSPS) is 11.2. The van der Waals surface area contributed by atoms with Crippen LogP contribution in [0.5, 0.6) is 0 Å². The number of fused-ring (bicyclic) bond motifs is 1. The summed E-state index contributed by atoms with van der Waals surface area (Å²) in [6.07, 6.45) is 3.80. The Hall–Kier alpha value is -3.68. The highest BCUT2D eigenvalue weighted by Gasteiger charge is 2.12. The number of pyridine rings is 1. The molecule has 0 unspecified atom stereocenters. The molecule has 4 N–H and O–H groups in total. The van der Waals surface area contributed by atoms with Crippen molar-refractivity contribution in [3.63, 3.8) is 0 Å². The first-order chi connectivity index (χ1) is 12.4. The van der Waals surface area contributed by atoms with Crippen LogP contribution in [0.4, 0.5) is 10.1 Å². The largest absolute Gasteiger partial charge is 0.478 e. The van der Waals surface area contributed by atoms with Gasteiger partial charge in [0.05, 0.1) is 22.3 Å². The average molecular weight is 355 g/mol. The van der Waals surface area contributed by atoms with Gasteiger partial charge in [0.25, 0.3) is 5.56 Å². The van der Waals surface area contributed by atoms with Crippen LogP contribution in [-0.2, 0) is 0 Å². The molecular formula is C18H14FN3O4. The van der Waals surface area contributed by atoms with E-state index in [1.807, 2.05) is 0 Å². The number of benzene rings is 1. The molecule has 0 amide bonds. The predicted octanol–water partition coefficient (Wildman–Crippen LogP) is 2.63. The van der Waals surface area contributed by atoms with Crippen LogP contribution in [0.15, 0.2) is 41.3 Å². The third kappa shape index (κ3) is 3.25. The number of carboxylic acids is 1. The number of halogens is 1. The summed E-state index contributed by atoms with van der Waals surface area (Å²) in [6.45, 7) is 0. The monoisotopic (exact) mass is 355 g/mol. The Bertz CT molecular complexity index is 1110. The Morgan fingerprint density at radius 1 is 1.23 bits per heavy atom. The number of aromatic nitrogens is 2. The summed E-state index contributed by atoms with van der Waals surface area (Å²) in [6, 6.07) is 5.13. The fraction of sp³-hybridized carbons (Fsp3) is 0.0556. The van der Waals surface area contributed by atoms with E-state index in [4.69, 9.17) is 5.11 Å². The fourth-order valence-corrected chi connectivity index (χ4v) is 2.55. The number of hydrogen-bond donors (Lipinski definition) is 4. The number of allylic oxidation sites excluding steroid dienone is 1. The number of carboxylic acid groups (broad SMARTS) is 1. The van der Waals surface area contributed by atoms with Crippen molar-refractivity contribution in [2.75, 3.05) is 12.4 Å². The quantitative estimate of drug-likeness (QED) is 0.415. The highest BCUT2D eigenvalue weighted by Crippen LogP contribution is 2.22. The number of H-pyrrole nitrogens is 2. The van der Waals surface area contributed by atoms with Gasteiger partial charge in [-0.1, -0.05) is 0 Å². The lowest BCUT2D eigenvalue weighted by Crippen LogP contribution is -2.16. The van der Waals surface area contributed by atoms with Crippen molar-refractivity contribution in [2.24, 2.45) is 0 Å². The maximum absolute atomic E-state index is 13.7. The molecule has 0 bridgehead atoms. The molecule has 0 fully saturated rings. The molecule has 0 radical (unpaired) electrons. The number of aromatic carboxylic acids is 1. The maximum Gasteiger partial charge on any atom is 0.337 e. The molecule has 2 heterocycles. The van der Waals surface area contributed by atoms with Crippen LogP contribution < -0.4 is 10.9 Å². The summed E-state index contributed by atoms with van der Waals surface area (Å²) in [7, 11) is 1.59. The molecule has 3 rings (SSSR count). The summed E-state index contributed by atoms with van der Waals surface area (Å²) < 4.78 is 13.7. The minimum Gasteiger partial charge on any atom is -0.478 e. The molecule has 1 aromatic carbocycles. The van der Waals surface area contributed by atoms with E-state index in [0.717, 1.165) is 6.08 Å². The number of ketones is 1. The minimum atomic E-state index is -1.10. The molecule has 3 aromatic rings. The highest BCUT2D eigenvalue weighted by molar-refractivity contribution is 6.08. The van der Waals surface area contributed by atoms with Gasteiger partial charge in [-0.2, -0.15) is 0 Å². The smallest absolute Gasteiger partial charge is 0.337 e. The molecular weight excluding hydrogens is 341 g/mol.